The van der Waals surface area contributed by atoms with Gasteiger partial charge < -0.3 is 15.0 Å². The van der Waals surface area contributed by atoms with Gasteiger partial charge in [-0.1, -0.05) is 26.0 Å². The van der Waals surface area contributed by atoms with Crippen LogP contribution in [0.3, 0.4) is 0 Å². The number of nitrogens with one attached hydrogen (secondary N) is 1. The highest BCUT2D eigenvalue weighted by molar-refractivity contribution is 5.75. The highest BCUT2D eigenvalue weighted by Crippen LogP contribution is 2.15. The van der Waals surface area contributed by atoms with E-state index in [0.29, 0.717) is 6.54 Å². The second-order valence-corrected chi connectivity index (χ2v) is 5.50. The monoisotopic (exact) mass is 247 g/mol. The molecule has 98 valence electrons. The predicted octanol–water partition coefficient (Wildman–Crippen LogP) is 1.68. The fourth-order valence-electron chi connectivity index (χ4n) is 1.92. The molecule has 1 aromatic heterocycles. The second-order valence-electron chi connectivity index (χ2n) is 5.50. The molecule has 0 fully saturated rings. The van der Waals surface area contributed by atoms with E-state index in [0.717, 1.165) is 23.4 Å². The number of nitrogens with zero attached hydrogens (tertiary/aromatic N) is 2. The molecule has 0 saturated carbocycles. The smallest absolute Gasteiger partial charge is 0.123 e. The molecule has 0 atom stereocenters. The van der Waals surface area contributed by atoms with Gasteiger partial charge in [-0.25, -0.2) is 4.98 Å². The molecule has 0 radical (unpaired) electrons. The van der Waals surface area contributed by atoms with Crippen molar-refractivity contribution in [1.29, 1.82) is 0 Å². The van der Waals surface area contributed by atoms with Gasteiger partial charge in [0, 0.05) is 25.6 Å². The first-order valence-corrected chi connectivity index (χ1v) is 6.25. The number of aryl methyl sites for hydroxylation is 1. The van der Waals surface area contributed by atoms with Gasteiger partial charge in [0.05, 0.1) is 17.6 Å². The summed E-state index contributed by atoms with van der Waals surface area (Å²) in [6, 6.07) is 8.12. The van der Waals surface area contributed by atoms with Crippen molar-refractivity contribution in [2.45, 2.75) is 20.4 Å². The summed E-state index contributed by atoms with van der Waals surface area (Å²) in [6.45, 7) is 5.74. The van der Waals surface area contributed by atoms with Crippen molar-refractivity contribution >= 4 is 11.0 Å². The lowest BCUT2D eigenvalue weighted by Crippen LogP contribution is -2.32. The largest absolute Gasteiger partial charge is 0.396 e. The number of aromatic nitrogens is 2. The van der Waals surface area contributed by atoms with E-state index in [-0.39, 0.29) is 12.0 Å². The Morgan fingerprint density at radius 1 is 1.33 bits per heavy atom. The summed E-state index contributed by atoms with van der Waals surface area (Å²) in [5.74, 6) is 1.02. The van der Waals surface area contributed by atoms with E-state index in [2.05, 4.69) is 20.9 Å². The number of para-hydroxylation sites is 2. The summed E-state index contributed by atoms with van der Waals surface area (Å²) in [5.41, 5.74) is 2.08. The molecule has 0 unspecified atom stereocenters. The van der Waals surface area contributed by atoms with Crippen molar-refractivity contribution in [3.63, 3.8) is 0 Å². The summed E-state index contributed by atoms with van der Waals surface area (Å²) in [7, 11) is 2.03. The minimum atomic E-state index is -0.0927. The first kappa shape index (κ1) is 13.1. The Bertz CT molecular complexity index is 531. The second kappa shape index (κ2) is 5.08. The molecule has 0 aliphatic rings. The number of imidazole rings is 1. The van der Waals surface area contributed by atoms with Crippen LogP contribution in [0.15, 0.2) is 24.3 Å². The van der Waals surface area contributed by atoms with Crippen molar-refractivity contribution in [3.8, 4) is 0 Å². The molecule has 2 aromatic rings. The van der Waals surface area contributed by atoms with Gasteiger partial charge in [-0.3, -0.25) is 0 Å². The number of benzene rings is 1. The lowest BCUT2D eigenvalue weighted by atomic mass is 9.95. The maximum Gasteiger partial charge on any atom is 0.123 e. The summed E-state index contributed by atoms with van der Waals surface area (Å²) in [4.78, 5) is 4.60. The molecule has 18 heavy (non-hydrogen) atoms. The highest BCUT2D eigenvalue weighted by Gasteiger charge is 2.16. The van der Waals surface area contributed by atoms with Crippen LogP contribution in [0, 0.1) is 5.41 Å². The van der Waals surface area contributed by atoms with Crippen LogP contribution in [0.4, 0.5) is 0 Å². The molecule has 2 rings (SSSR count). The third-order valence-corrected chi connectivity index (χ3v) is 3.19. The number of hydrogen-bond donors (Lipinski definition) is 2. The van der Waals surface area contributed by atoms with Crippen molar-refractivity contribution in [2.75, 3.05) is 13.2 Å². The molecule has 1 aromatic carbocycles. The van der Waals surface area contributed by atoms with Crippen LogP contribution < -0.4 is 5.32 Å². The Hall–Kier alpha value is -1.39. The number of aliphatic hydroxyl groups excluding tert-OH is 1. The highest BCUT2D eigenvalue weighted by atomic mass is 16.3. The van der Waals surface area contributed by atoms with Gasteiger partial charge in [-0.15, -0.1) is 0 Å². The Labute approximate surface area is 108 Å². The molecule has 0 saturated heterocycles. The average Bonchev–Trinajstić information content (AvgIpc) is 2.67. The Morgan fingerprint density at radius 3 is 2.72 bits per heavy atom. The van der Waals surface area contributed by atoms with Gasteiger partial charge in [0.1, 0.15) is 5.82 Å². The summed E-state index contributed by atoms with van der Waals surface area (Å²) >= 11 is 0. The van der Waals surface area contributed by atoms with Crippen molar-refractivity contribution < 1.29 is 5.11 Å². The van der Waals surface area contributed by atoms with Crippen LogP contribution in [0.25, 0.3) is 11.0 Å². The maximum absolute atomic E-state index is 9.20. The number of fused-ring (bicyclic) bond motifs is 1. The molecular formula is C14H21N3O. The molecule has 0 spiro atoms. The topological polar surface area (TPSA) is 50.1 Å². The van der Waals surface area contributed by atoms with Gasteiger partial charge in [0.25, 0.3) is 0 Å². The van der Waals surface area contributed by atoms with Crippen molar-refractivity contribution in [2.24, 2.45) is 12.5 Å². The quantitative estimate of drug-likeness (QED) is 0.845. The lowest BCUT2D eigenvalue weighted by Gasteiger charge is -2.21. The van der Waals surface area contributed by atoms with Gasteiger partial charge >= 0.3 is 0 Å². The van der Waals surface area contributed by atoms with Crippen LogP contribution >= 0.6 is 0 Å². The van der Waals surface area contributed by atoms with Gasteiger partial charge in [-0.2, -0.15) is 0 Å². The van der Waals surface area contributed by atoms with Gasteiger partial charge in [-0.05, 0) is 12.1 Å². The Morgan fingerprint density at radius 2 is 2.06 bits per heavy atom. The Balaban J connectivity index is 2.06. The van der Waals surface area contributed by atoms with E-state index in [1.807, 2.05) is 39.1 Å². The minimum absolute atomic E-state index is 0.0927. The van der Waals surface area contributed by atoms with Crippen LogP contribution in [0.5, 0.6) is 0 Å². The maximum atomic E-state index is 9.20. The zero-order chi connectivity index (χ0) is 13.2. The molecule has 1 heterocycles. The van der Waals surface area contributed by atoms with Crippen LogP contribution in [-0.4, -0.2) is 27.8 Å². The molecule has 4 heteroatoms. The van der Waals surface area contributed by atoms with Crippen LogP contribution in [0.1, 0.15) is 19.7 Å². The average molecular weight is 247 g/mol. The lowest BCUT2D eigenvalue weighted by molar-refractivity contribution is 0.156. The van der Waals surface area contributed by atoms with Crippen molar-refractivity contribution in [3.05, 3.63) is 30.1 Å². The summed E-state index contributed by atoms with van der Waals surface area (Å²) in [5, 5.41) is 12.6. The van der Waals surface area contributed by atoms with E-state index < -0.39 is 0 Å². The van der Waals surface area contributed by atoms with Gasteiger partial charge in [0.15, 0.2) is 0 Å². The van der Waals surface area contributed by atoms with E-state index >= 15 is 0 Å². The minimum Gasteiger partial charge on any atom is -0.396 e. The zero-order valence-electron chi connectivity index (χ0n) is 11.3. The normalized spacial score (nSPS) is 12.2. The van der Waals surface area contributed by atoms with Crippen molar-refractivity contribution in [1.82, 2.24) is 14.9 Å². The molecular weight excluding hydrogens is 226 g/mol. The summed E-state index contributed by atoms with van der Waals surface area (Å²) < 4.78 is 2.11. The fraction of sp³-hybridized carbons (Fsp3) is 0.500. The third kappa shape index (κ3) is 2.71. The SMILES string of the molecule is Cn1c(CNCC(C)(C)CO)nc2ccccc21. The van der Waals surface area contributed by atoms with E-state index in [9.17, 15) is 5.11 Å². The van der Waals surface area contributed by atoms with E-state index in [1.54, 1.807) is 0 Å². The number of rotatable bonds is 5. The Kier molecular flexibility index (Phi) is 3.68. The zero-order valence-corrected chi connectivity index (χ0v) is 11.3. The fourth-order valence-corrected chi connectivity index (χ4v) is 1.92. The van der Waals surface area contributed by atoms with Crippen LogP contribution in [0.2, 0.25) is 0 Å². The standard InChI is InChI=1S/C14H21N3O/c1-14(2,10-18)9-15-8-13-16-11-6-4-5-7-12(11)17(13)3/h4-7,15,18H,8-10H2,1-3H3. The number of hydrogen-bond acceptors (Lipinski definition) is 3. The predicted molar refractivity (Wildman–Crippen MR) is 73.3 cm³/mol. The molecule has 0 amide bonds. The van der Waals surface area contributed by atoms with E-state index in [1.165, 1.54) is 0 Å². The third-order valence-electron chi connectivity index (χ3n) is 3.19. The first-order chi connectivity index (χ1) is 8.53. The number of aliphatic hydroxyl groups is 1. The summed E-state index contributed by atoms with van der Waals surface area (Å²) in [6.07, 6.45) is 0. The molecule has 0 aliphatic carbocycles. The molecule has 4 nitrogen and oxygen atoms in total. The molecule has 0 bridgehead atoms. The van der Waals surface area contributed by atoms with Gasteiger partial charge in [0.2, 0.25) is 0 Å². The van der Waals surface area contributed by atoms with Crippen LogP contribution in [-0.2, 0) is 13.6 Å². The van der Waals surface area contributed by atoms with E-state index in [4.69, 9.17) is 0 Å². The first-order valence-electron chi connectivity index (χ1n) is 6.25. The molecule has 2 N–H and O–H groups in total. The molecule has 0 aliphatic heterocycles.